The van der Waals surface area contributed by atoms with Crippen LogP contribution in [-0.4, -0.2) is 36.9 Å². The van der Waals surface area contributed by atoms with Crippen LogP contribution < -0.4 is 5.32 Å². The molecule has 16 heavy (non-hydrogen) atoms. The van der Waals surface area contributed by atoms with Gasteiger partial charge in [0, 0.05) is 13.6 Å². The Bertz CT molecular complexity index is 389. The monoisotopic (exact) mass is 288 g/mol. The highest BCUT2D eigenvalue weighted by molar-refractivity contribution is 9.10. The van der Waals surface area contributed by atoms with E-state index in [1.807, 2.05) is 6.92 Å². The normalized spacial score (nSPS) is 9.94. The fourth-order valence-corrected chi connectivity index (χ4v) is 1.46. The van der Waals surface area contributed by atoms with E-state index >= 15 is 0 Å². The van der Waals surface area contributed by atoms with Crippen molar-refractivity contribution in [2.45, 2.75) is 6.92 Å². The Labute approximate surface area is 102 Å². The van der Waals surface area contributed by atoms with Gasteiger partial charge in [-0.15, -0.1) is 0 Å². The minimum atomic E-state index is -0.322. The van der Waals surface area contributed by atoms with Gasteiger partial charge in [-0.3, -0.25) is 9.59 Å². The molecule has 0 spiro atoms. The van der Waals surface area contributed by atoms with Gasteiger partial charge in [0.15, 0.2) is 10.4 Å². The summed E-state index contributed by atoms with van der Waals surface area (Å²) in [5, 5.41) is 2.62. The SMILES string of the molecule is CCNC(=O)CN(C)C(=O)c1ccc(Br)o1. The molecule has 0 saturated carbocycles. The van der Waals surface area contributed by atoms with Gasteiger partial charge in [0.1, 0.15) is 0 Å². The van der Waals surface area contributed by atoms with Crippen LogP contribution in [0.2, 0.25) is 0 Å². The molecule has 0 saturated heterocycles. The Kier molecular flexibility index (Phi) is 4.54. The van der Waals surface area contributed by atoms with Gasteiger partial charge < -0.3 is 14.6 Å². The van der Waals surface area contributed by atoms with Crippen LogP contribution in [0, 0.1) is 0 Å². The fraction of sp³-hybridized carbons (Fsp3) is 0.400. The largest absolute Gasteiger partial charge is 0.444 e. The number of furan rings is 1. The minimum Gasteiger partial charge on any atom is -0.444 e. The van der Waals surface area contributed by atoms with E-state index in [1.165, 1.54) is 4.90 Å². The molecule has 0 radical (unpaired) electrons. The van der Waals surface area contributed by atoms with Gasteiger partial charge in [-0.25, -0.2) is 0 Å². The molecule has 0 unspecified atom stereocenters. The Morgan fingerprint density at radius 1 is 1.50 bits per heavy atom. The van der Waals surface area contributed by atoms with Crippen molar-refractivity contribution < 1.29 is 14.0 Å². The number of halogens is 1. The fourth-order valence-electron chi connectivity index (χ4n) is 1.16. The number of rotatable bonds is 4. The third kappa shape index (κ3) is 3.37. The lowest BCUT2D eigenvalue weighted by atomic mass is 10.4. The smallest absolute Gasteiger partial charge is 0.289 e. The van der Waals surface area contributed by atoms with Crippen molar-refractivity contribution in [3.63, 3.8) is 0 Å². The first kappa shape index (κ1) is 12.8. The molecule has 0 aromatic carbocycles. The molecule has 0 atom stereocenters. The molecule has 0 fully saturated rings. The summed E-state index contributed by atoms with van der Waals surface area (Å²) in [7, 11) is 1.55. The zero-order chi connectivity index (χ0) is 12.1. The summed E-state index contributed by atoms with van der Waals surface area (Å²) in [5.41, 5.74) is 0. The van der Waals surface area contributed by atoms with E-state index in [9.17, 15) is 9.59 Å². The van der Waals surface area contributed by atoms with Crippen LogP contribution in [0.5, 0.6) is 0 Å². The zero-order valence-corrected chi connectivity index (χ0v) is 10.7. The lowest BCUT2D eigenvalue weighted by molar-refractivity contribution is -0.121. The van der Waals surface area contributed by atoms with Gasteiger partial charge in [-0.2, -0.15) is 0 Å². The Balaban J connectivity index is 2.57. The molecule has 6 heteroatoms. The first-order valence-corrected chi connectivity index (χ1v) is 5.61. The van der Waals surface area contributed by atoms with E-state index < -0.39 is 0 Å². The maximum absolute atomic E-state index is 11.7. The summed E-state index contributed by atoms with van der Waals surface area (Å²) in [4.78, 5) is 24.3. The maximum atomic E-state index is 11.7. The number of amides is 2. The second kappa shape index (κ2) is 5.69. The zero-order valence-electron chi connectivity index (χ0n) is 9.12. The van der Waals surface area contributed by atoms with Crippen LogP contribution in [-0.2, 0) is 4.79 Å². The summed E-state index contributed by atoms with van der Waals surface area (Å²) in [6, 6.07) is 3.19. The van der Waals surface area contributed by atoms with Crippen molar-refractivity contribution in [2.24, 2.45) is 0 Å². The highest BCUT2D eigenvalue weighted by Gasteiger charge is 2.17. The summed E-state index contributed by atoms with van der Waals surface area (Å²) in [5.74, 6) is -0.306. The van der Waals surface area contributed by atoms with Crippen molar-refractivity contribution in [3.05, 3.63) is 22.6 Å². The molecule has 5 nitrogen and oxygen atoms in total. The molecule has 1 aromatic heterocycles. The number of nitrogens with one attached hydrogen (secondary N) is 1. The quantitative estimate of drug-likeness (QED) is 0.907. The van der Waals surface area contributed by atoms with Crippen LogP contribution >= 0.6 is 15.9 Å². The Morgan fingerprint density at radius 3 is 2.69 bits per heavy atom. The molecule has 0 aliphatic heterocycles. The van der Waals surface area contributed by atoms with Crippen molar-refractivity contribution in [1.29, 1.82) is 0 Å². The van der Waals surface area contributed by atoms with Crippen LogP contribution in [0.25, 0.3) is 0 Å². The second-order valence-electron chi connectivity index (χ2n) is 3.22. The topological polar surface area (TPSA) is 62.6 Å². The number of hydrogen-bond donors (Lipinski definition) is 1. The van der Waals surface area contributed by atoms with Crippen molar-refractivity contribution >= 4 is 27.7 Å². The molecule has 0 aliphatic rings. The highest BCUT2D eigenvalue weighted by Crippen LogP contribution is 2.15. The molecule has 0 bridgehead atoms. The van der Waals surface area contributed by atoms with Gasteiger partial charge >= 0.3 is 0 Å². The standard InChI is InChI=1S/C10H13BrN2O3/c1-3-12-9(14)6-13(2)10(15)7-4-5-8(11)16-7/h4-5H,3,6H2,1-2H3,(H,12,14). The summed E-state index contributed by atoms with van der Waals surface area (Å²) >= 11 is 3.11. The van der Waals surface area contributed by atoms with E-state index in [0.29, 0.717) is 11.2 Å². The lowest BCUT2D eigenvalue weighted by Crippen LogP contribution is -2.38. The first-order chi connectivity index (χ1) is 7.54. The number of nitrogens with zero attached hydrogens (tertiary/aromatic N) is 1. The van der Waals surface area contributed by atoms with E-state index in [1.54, 1.807) is 19.2 Å². The third-order valence-electron chi connectivity index (χ3n) is 1.89. The summed E-state index contributed by atoms with van der Waals surface area (Å²) in [6.45, 7) is 2.39. The Hall–Kier alpha value is -1.30. The number of carbonyl (C=O) groups excluding carboxylic acids is 2. The average Bonchev–Trinajstić information content (AvgIpc) is 2.64. The van der Waals surface area contributed by atoms with E-state index in [0.717, 1.165) is 0 Å². The summed E-state index contributed by atoms with van der Waals surface area (Å²) < 4.78 is 5.59. The van der Waals surface area contributed by atoms with Crippen molar-refractivity contribution in [1.82, 2.24) is 10.2 Å². The third-order valence-corrected chi connectivity index (χ3v) is 2.31. The van der Waals surface area contributed by atoms with Crippen LogP contribution in [0.4, 0.5) is 0 Å². The van der Waals surface area contributed by atoms with Gasteiger partial charge in [0.2, 0.25) is 5.91 Å². The maximum Gasteiger partial charge on any atom is 0.289 e. The summed E-state index contributed by atoms with van der Waals surface area (Å²) in [6.07, 6.45) is 0. The average molecular weight is 289 g/mol. The van der Waals surface area contributed by atoms with Gasteiger partial charge in [-0.1, -0.05) is 0 Å². The van der Waals surface area contributed by atoms with Gasteiger partial charge in [-0.05, 0) is 35.0 Å². The molecule has 1 rings (SSSR count). The lowest BCUT2D eigenvalue weighted by Gasteiger charge is -2.14. The second-order valence-corrected chi connectivity index (χ2v) is 4.00. The molecule has 0 aliphatic carbocycles. The van der Waals surface area contributed by atoms with Crippen LogP contribution in [0.1, 0.15) is 17.5 Å². The van der Waals surface area contributed by atoms with E-state index in [-0.39, 0.29) is 24.1 Å². The number of carbonyl (C=O) groups is 2. The van der Waals surface area contributed by atoms with Crippen molar-refractivity contribution in [3.8, 4) is 0 Å². The molecular weight excluding hydrogens is 276 g/mol. The number of likely N-dealkylation sites (N-methyl/N-ethyl adjacent to an activating group) is 2. The molecule has 1 aromatic rings. The van der Waals surface area contributed by atoms with Gasteiger partial charge in [0.25, 0.3) is 5.91 Å². The molecule has 88 valence electrons. The minimum absolute atomic E-state index is 0.0188. The molecule has 1 N–H and O–H groups in total. The first-order valence-electron chi connectivity index (χ1n) is 4.82. The number of hydrogen-bond acceptors (Lipinski definition) is 3. The highest BCUT2D eigenvalue weighted by atomic mass is 79.9. The molecule has 1 heterocycles. The van der Waals surface area contributed by atoms with E-state index in [4.69, 9.17) is 4.42 Å². The predicted molar refractivity (Wildman–Crippen MR) is 62.1 cm³/mol. The van der Waals surface area contributed by atoms with E-state index in [2.05, 4.69) is 21.2 Å². The van der Waals surface area contributed by atoms with Crippen LogP contribution in [0.15, 0.2) is 21.2 Å². The van der Waals surface area contributed by atoms with Crippen LogP contribution in [0.3, 0.4) is 0 Å². The van der Waals surface area contributed by atoms with Crippen molar-refractivity contribution in [2.75, 3.05) is 20.1 Å². The predicted octanol–water partition coefficient (Wildman–Crippen LogP) is 1.25. The molecular formula is C10H13BrN2O3. The van der Waals surface area contributed by atoms with Gasteiger partial charge in [0.05, 0.1) is 6.54 Å². The molecule has 2 amide bonds. The Morgan fingerprint density at radius 2 is 2.19 bits per heavy atom.